The highest BCUT2D eigenvalue weighted by molar-refractivity contribution is 5.94. The third-order valence-electron chi connectivity index (χ3n) is 4.34. The molecule has 4 nitrogen and oxygen atoms in total. The van der Waals surface area contributed by atoms with E-state index in [2.05, 4.69) is 16.0 Å². The van der Waals surface area contributed by atoms with Gasteiger partial charge in [0.15, 0.2) is 0 Å². The maximum atomic E-state index is 10.3. The van der Waals surface area contributed by atoms with E-state index in [1.54, 1.807) is 0 Å². The zero-order valence-electron chi connectivity index (χ0n) is 12.8. The normalized spacial score (nSPS) is 23.3. The molecular weight excluding hydrogens is 262 g/mol. The molecule has 21 heavy (non-hydrogen) atoms. The molecule has 3 rings (SSSR count). The van der Waals surface area contributed by atoms with Crippen LogP contribution in [-0.4, -0.2) is 28.8 Å². The van der Waals surface area contributed by atoms with Gasteiger partial charge in [-0.25, -0.2) is 0 Å². The van der Waals surface area contributed by atoms with E-state index in [-0.39, 0.29) is 0 Å². The van der Waals surface area contributed by atoms with Crippen molar-refractivity contribution in [2.45, 2.75) is 38.7 Å². The third kappa shape index (κ3) is 2.95. The molecule has 1 atom stereocenters. The summed E-state index contributed by atoms with van der Waals surface area (Å²) in [6.07, 6.45) is 2.64. The minimum absolute atomic E-state index is 0.550. The number of aromatic nitrogens is 1. The van der Waals surface area contributed by atoms with E-state index in [4.69, 9.17) is 5.73 Å². The quantitative estimate of drug-likeness (QED) is 0.791. The molecule has 1 aromatic carbocycles. The van der Waals surface area contributed by atoms with Crippen LogP contribution in [0.25, 0.3) is 10.9 Å². The van der Waals surface area contributed by atoms with Crippen molar-refractivity contribution in [3.8, 4) is 0 Å². The van der Waals surface area contributed by atoms with Crippen LogP contribution in [0.15, 0.2) is 24.3 Å². The predicted octanol–water partition coefficient (Wildman–Crippen LogP) is 2.87. The molecule has 2 heterocycles. The van der Waals surface area contributed by atoms with Crippen LogP contribution < -0.4 is 10.6 Å². The Morgan fingerprint density at radius 1 is 1.24 bits per heavy atom. The topological polar surface area (TPSA) is 62.4 Å². The summed E-state index contributed by atoms with van der Waals surface area (Å²) in [5, 5.41) is 11.4. The lowest BCUT2D eigenvalue weighted by atomic mass is 9.98. The molecule has 3 N–H and O–H groups in total. The fraction of sp³-hybridized carbons (Fsp3) is 0.471. The Morgan fingerprint density at radius 3 is 2.86 bits per heavy atom. The van der Waals surface area contributed by atoms with Gasteiger partial charge >= 0.3 is 0 Å². The molecule has 112 valence electrons. The van der Waals surface area contributed by atoms with Gasteiger partial charge in [0.25, 0.3) is 0 Å². The third-order valence-corrected chi connectivity index (χ3v) is 4.34. The number of benzene rings is 1. The van der Waals surface area contributed by atoms with Crippen LogP contribution in [-0.2, 0) is 0 Å². The van der Waals surface area contributed by atoms with Gasteiger partial charge in [0.1, 0.15) is 0 Å². The molecule has 4 heteroatoms. The predicted molar refractivity (Wildman–Crippen MR) is 87.6 cm³/mol. The van der Waals surface area contributed by atoms with Crippen LogP contribution in [0.3, 0.4) is 0 Å². The Balaban J connectivity index is 2.04. The number of nitrogens with two attached hydrogens (primary N) is 1. The molecule has 0 aliphatic carbocycles. The van der Waals surface area contributed by atoms with Crippen LogP contribution >= 0.6 is 0 Å². The lowest BCUT2D eigenvalue weighted by molar-refractivity contribution is 0.0481. The first-order valence-electron chi connectivity index (χ1n) is 7.59. The van der Waals surface area contributed by atoms with Gasteiger partial charge in [-0.15, -0.1) is 0 Å². The van der Waals surface area contributed by atoms with Gasteiger partial charge < -0.3 is 15.7 Å². The Kier molecular flexibility index (Phi) is 3.49. The first-order chi connectivity index (χ1) is 9.94. The van der Waals surface area contributed by atoms with Crippen molar-refractivity contribution in [1.29, 1.82) is 0 Å². The van der Waals surface area contributed by atoms with E-state index in [0.29, 0.717) is 0 Å². The summed E-state index contributed by atoms with van der Waals surface area (Å²) in [6, 6.07) is 8.00. The second-order valence-electron chi connectivity index (χ2n) is 6.40. The molecular formula is C17H23N3O. The van der Waals surface area contributed by atoms with Crippen molar-refractivity contribution >= 4 is 22.3 Å². The molecule has 2 aromatic rings. The van der Waals surface area contributed by atoms with E-state index in [1.807, 2.05) is 32.0 Å². The minimum atomic E-state index is -0.550. The van der Waals surface area contributed by atoms with E-state index >= 15 is 0 Å². The van der Waals surface area contributed by atoms with Gasteiger partial charge in [-0.1, -0.05) is 0 Å². The molecule has 0 spiro atoms. The Hall–Kier alpha value is -1.81. The first-order valence-corrected chi connectivity index (χ1v) is 7.59. The van der Waals surface area contributed by atoms with Crippen molar-refractivity contribution in [2.75, 3.05) is 23.7 Å². The van der Waals surface area contributed by atoms with Gasteiger partial charge in [0.05, 0.1) is 11.1 Å². The monoisotopic (exact) mass is 285 g/mol. The van der Waals surface area contributed by atoms with Crippen molar-refractivity contribution in [3.63, 3.8) is 0 Å². The fourth-order valence-corrected chi connectivity index (χ4v) is 3.12. The second-order valence-corrected chi connectivity index (χ2v) is 6.40. The number of hydrogen-bond acceptors (Lipinski definition) is 4. The van der Waals surface area contributed by atoms with Crippen molar-refractivity contribution in [2.24, 2.45) is 0 Å². The molecule has 0 amide bonds. The summed E-state index contributed by atoms with van der Waals surface area (Å²) in [5.41, 5.74) is 9.34. The van der Waals surface area contributed by atoms with Crippen LogP contribution in [0.4, 0.5) is 11.4 Å². The lowest BCUT2D eigenvalue weighted by Crippen LogP contribution is -2.28. The van der Waals surface area contributed by atoms with Crippen LogP contribution in [0, 0.1) is 6.92 Å². The Labute approximate surface area is 125 Å². The molecule has 1 saturated heterocycles. The molecule has 0 radical (unpaired) electrons. The van der Waals surface area contributed by atoms with E-state index in [0.717, 1.165) is 54.6 Å². The number of hydrogen-bond donors (Lipinski definition) is 2. The van der Waals surface area contributed by atoms with Gasteiger partial charge in [-0.2, -0.15) is 0 Å². The highest BCUT2D eigenvalue weighted by Crippen LogP contribution is 2.31. The fourth-order valence-electron chi connectivity index (χ4n) is 3.12. The molecule has 1 unspecified atom stereocenters. The summed E-state index contributed by atoms with van der Waals surface area (Å²) in [7, 11) is 0. The lowest BCUT2D eigenvalue weighted by Gasteiger charge is -2.26. The van der Waals surface area contributed by atoms with Gasteiger partial charge in [-0.3, -0.25) is 4.98 Å². The van der Waals surface area contributed by atoms with E-state index in [1.165, 1.54) is 5.69 Å². The number of nitrogen functional groups attached to an aromatic ring is 1. The largest absolute Gasteiger partial charge is 0.399 e. The highest BCUT2D eigenvalue weighted by Gasteiger charge is 2.25. The zero-order chi connectivity index (χ0) is 15.0. The molecule has 0 bridgehead atoms. The molecule has 1 aliphatic rings. The van der Waals surface area contributed by atoms with Gasteiger partial charge in [-0.05, 0) is 57.4 Å². The minimum Gasteiger partial charge on any atom is -0.399 e. The summed E-state index contributed by atoms with van der Waals surface area (Å²) < 4.78 is 0. The van der Waals surface area contributed by atoms with Crippen molar-refractivity contribution in [3.05, 3.63) is 30.0 Å². The van der Waals surface area contributed by atoms with Crippen LogP contribution in [0.2, 0.25) is 0 Å². The van der Waals surface area contributed by atoms with E-state index in [9.17, 15) is 5.11 Å². The first kappa shape index (κ1) is 14.1. The number of rotatable bonds is 1. The van der Waals surface area contributed by atoms with Crippen molar-refractivity contribution < 1.29 is 5.11 Å². The Bertz CT molecular complexity index is 666. The highest BCUT2D eigenvalue weighted by atomic mass is 16.3. The zero-order valence-corrected chi connectivity index (χ0v) is 12.8. The SMILES string of the molecule is Cc1cc(N2CCCC(C)(O)CC2)c2cc(N)ccc2n1. The van der Waals surface area contributed by atoms with Gasteiger partial charge in [0.2, 0.25) is 0 Å². The van der Waals surface area contributed by atoms with Gasteiger partial charge in [0, 0.05) is 35.5 Å². The van der Waals surface area contributed by atoms with Crippen LogP contribution in [0.1, 0.15) is 31.9 Å². The second kappa shape index (κ2) is 5.19. The number of pyridine rings is 1. The molecule has 1 aliphatic heterocycles. The number of aliphatic hydroxyl groups is 1. The Morgan fingerprint density at radius 2 is 2.05 bits per heavy atom. The average molecular weight is 285 g/mol. The van der Waals surface area contributed by atoms with Crippen LogP contribution in [0.5, 0.6) is 0 Å². The summed E-state index contributed by atoms with van der Waals surface area (Å²) in [4.78, 5) is 6.95. The number of aryl methyl sites for hydroxylation is 1. The number of nitrogens with zero attached hydrogens (tertiary/aromatic N) is 2. The maximum absolute atomic E-state index is 10.3. The average Bonchev–Trinajstić information content (AvgIpc) is 2.59. The molecule has 1 fully saturated rings. The summed E-state index contributed by atoms with van der Waals surface area (Å²) in [5.74, 6) is 0. The molecule has 0 saturated carbocycles. The standard InChI is InChI=1S/C17H23N3O/c1-12-10-16(14-11-13(18)4-5-15(14)19-12)20-8-3-6-17(2,21)7-9-20/h4-5,10-11,21H,3,6-9,18H2,1-2H3. The van der Waals surface area contributed by atoms with E-state index < -0.39 is 5.60 Å². The molecule has 1 aromatic heterocycles. The smallest absolute Gasteiger partial charge is 0.0727 e. The number of fused-ring (bicyclic) bond motifs is 1. The summed E-state index contributed by atoms with van der Waals surface area (Å²) >= 11 is 0. The number of anilines is 2. The van der Waals surface area contributed by atoms with Crippen molar-refractivity contribution in [1.82, 2.24) is 4.98 Å². The summed E-state index contributed by atoms with van der Waals surface area (Å²) in [6.45, 7) is 5.78. The maximum Gasteiger partial charge on any atom is 0.0727 e.